The van der Waals surface area contributed by atoms with Gasteiger partial charge in [-0.1, -0.05) is 6.92 Å². The fraction of sp³-hybridized carbons (Fsp3) is 0.538. The van der Waals surface area contributed by atoms with Gasteiger partial charge in [0.15, 0.2) is 0 Å². The lowest BCUT2D eigenvalue weighted by Crippen LogP contribution is -2.33. The predicted octanol–water partition coefficient (Wildman–Crippen LogP) is 0.250. The van der Waals surface area contributed by atoms with Crippen molar-refractivity contribution in [3.63, 3.8) is 0 Å². The molecular weight excluding hydrogens is 262 g/mol. The number of aromatic nitrogens is 2. The molecular formula is C13H19N3O4. The van der Waals surface area contributed by atoms with E-state index in [9.17, 15) is 14.4 Å². The molecule has 7 nitrogen and oxygen atoms in total. The molecule has 0 aliphatic heterocycles. The Kier molecular flexibility index (Phi) is 6.42. The molecule has 0 aromatic carbocycles. The number of amides is 1. The zero-order valence-electron chi connectivity index (χ0n) is 11.4. The van der Waals surface area contributed by atoms with Gasteiger partial charge in [-0.15, -0.1) is 0 Å². The second-order valence-corrected chi connectivity index (χ2v) is 4.71. The van der Waals surface area contributed by atoms with Crippen LogP contribution < -0.4 is 11.0 Å². The Morgan fingerprint density at radius 2 is 2.20 bits per heavy atom. The standard InChI is InChI=1S/C13H19N3O4/c1-10(3-4-12(18)19)5-7-14-11(17)9-16-8-2-6-15-13(16)20/h2,6,8,10H,3-5,7,9H2,1H3,(H,14,17)(H,18,19). The summed E-state index contributed by atoms with van der Waals surface area (Å²) in [5.41, 5.74) is -0.461. The fourth-order valence-electron chi connectivity index (χ4n) is 1.69. The highest BCUT2D eigenvalue weighted by molar-refractivity contribution is 5.75. The van der Waals surface area contributed by atoms with Crippen LogP contribution in [0.25, 0.3) is 0 Å². The van der Waals surface area contributed by atoms with Gasteiger partial charge >= 0.3 is 11.7 Å². The molecule has 0 saturated carbocycles. The summed E-state index contributed by atoms with van der Waals surface area (Å²) in [7, 11) is 0. The van der Waals surface area contributed by atoms with Crippen molar-refractivity contribution in [2.45, 2.75) is 32.7 Å². The molecule has 0 fully saturated rings. The summed E-state index contributed by atoms with van der Waals surface area (Å²) in [6.07, 6.45) is 4.32. The molecule has 1 amide bonds. The predicted molar refractivity (Wildman–Crippen MR) is 72.2 cm³/mol. The Hall–Kier alpha value is -2.18. The Bertz CT molecular complexity index is 512. The molecule has 20 heavy (non-hydrogen) atoms. The van der Waals surface area contributed by atoms with Crippen LogP contribution in [0.1, 0.15) is 26.2 Å². The Labute approximate surface area is 116 Å². The summed E-state index contributed by atoms with van der Waals surface area (Å²) in [4.78, 5) is 36.9. The first-order valence-corrected chi connectivity index (χ1v) is 6.49. The van der Waals surface area contributed by atoms with E-state index in [-0.39, 0.29) is 24.8 Å². The van der Waals surface area contributed by atoms with Gasteiger partial charge in [0.1, 0.15) is 6.54 Å². The largest absolute Gasteiger partial charge is 0.481 e. The van der Waals surface area contributed by atoms with E-state index in [0.29, 0.717) is 19.4 Å². The molecule has 0 saturated heterocycles. The number of aliphatic carboxylic acids is 1. The van der Waals surface area contributed by atoms with E-state index in [0.717, 1.165) is 0 Å². The van der Waals surface area contributed by atoms with Crippen LogP contribution >= 0.6 is 0 Å². The third kappa shape index (κ3) is 6.12. The summed E-state index contributed by atoms with van der Waals surface area (Å²) in [5.74, 6) is -0.838. The van der Waals surface area contributed by atoms with Gasteiger partial charge in [0, 0.05) is 25.4 Å². The number of hydrogen-bond donors (Lipinski definition) is 2. The summed E-state index contributed by atoms with van der Waals surface area (Å²) in [6.45, 7) is 2.35. The summed E-state index contributed by atoms with van der Waals surface area (Å²) < 4.78 is 1.23. The van der Waals surface area contributed by atoms with Gasteiger partial charge in [0.05, 0.1) is 0 Å². The number of carboxylic acid groups (broad SMARTS) is 1. The van der Waals surface area contributed by atoms with Crippen molar-refractivity contribution in [2.24, 2.45) is 5.92 Å². The molecule has 0 bridgehead atoms. The molecule has 1 unspecified atom stereocenters. The van der Waals surface area contributed by atoms with E-state index < -0.39 is 11.7 Å². The van der Waals surface area contributed by atoms with Gasteiger partial charge < -0.3 is 10.4 Å². The van der Waals surface area contributed by atoms with Crippen molar-refractivity contribution in [2.75, 3.05) is 6.54 Å². The lowest BCUT2D eigenvalue weighted by Gasteiger charge is -2.11. The van der Waals surface area contributed by atoms with Gasteiger partial charge in [-0.05, 0) is 24.8 Å². The van der Waals surface area contributed by atoms with Crippen LogP contribution in [-0.2, 0) is 16.1 Å². The van der Waals surface area contributed by atoms with E-state index in [1.165, 1.54) is 17.0 Å². The number of carbonyl (C=O) groups is 2. The molecule has 0 aliphatic carbocycles. The topological polar surface area (TPSA) is 101 Å². The smallest absolute Gasteiger partial charge is 0.347 e. The van der Waals surface area contributed by atoms with Crippen LogP contribution in [0.15, 0.2) is 23.3 Å². The first-order valence-electron chi connectivity index (χ1n) is 6.49. The maximum Gasteiger partial charge on any atom is 0.347 e. The molecule has 1 rings (SSSR count). The van der Waals surface area contributed by atoms with Gasteiger partial charge in [-0.2, -0.15) is 0 Å². The minimum atomic E-state index is -0.808. The first-order chi connectivity index (χ1) is 9.49. The Balaban J connectivity index is 2.25. The minimum Gasteiger partial charge on any atom is -0.481 e. The summed E-state index contributed by atoms with van der Waals surface area (Å²) in [6, 6.07) is 1.59. The zero-order valence-corrected chi connectivity index (χ0v) is 11.4. The molecule has 7 heteroatoms. The zero-order chi connectivity index (χ0) is 15.0. The third-order valence-corrected chi connectivity index (χ3v) is 2.91. The number of hydrogen-bond acceptors (Lipinski definition) is 4. The van der Waals surface area contributed by atoms with Crippen molar-refractivity contribution in [3.05, 3.63) is 28.9 Å². The highest BCUT2D eigenvalue weighted by Gasteiger charge is 2.07. The lowest BCUT2D eigenvalue weighted by atomic mass is 10.0. The maximum atomic E-state index is 11.6. The summed E-state index contributed by atoms with van der Waals surface area (Å²) in [5, 5.41) is 11.3. The van der Waals surface area contributed by atoms with Crippen molar-refractivity contribution < 1.29 is 14.7 Å². The third-order valence-electron chi connectivity index (χ3n) is 2.91. The van der Waals surface area contributed by atoms with Crippen LogP contribution in [0.4, 0.5) is 0 Å². The first kappa shape index (κ1) is 15.9. The second-order valence-electron chi connectivity index (χ2n) is 4.71. The molecule has 1 aromatic rings. The van der Waals surface area contributed by atoms with Crippen LogP contribution in [0.3, 0.4) is 0 Å². The second kappa shape index (κ2) is 8.08. The van der Waals surface area contributed by atoms with Gasteiger partial charge in [-0.25, -0.2) is 9.78 Å². The molecule has 110 valence electrons. The lowest BCUT2D eigenvalue weighted by molar-refractivity contribution is -0.137. The maximum absolute atomic E-state index is 11.6. The Morgan fingerprint density at radius 3 is 2.85 bits per heavy atom. The molecule has 1 aromatic heterocycles. The molecule has 0 aliphatic rings. The summed E-state index contributed by atoms with van der Waals surface area (Å²) >= 11 is 0. The average molecular weight is 281 g/mol. The quantitative estimate of drug-likeness (QED) is 0.711. The molecule has 2 N–H and O–H groups in total. The van der Waals surface area contributed by atoms with E-state index in [2.05, 4.69) is 10.3 Å². The van der Waals surface area contributed by atoms with Crippen LogP contribution in [0, 0.1) is 5.92 Å². The van der Waals surface area contributed by atoms with E-state index in [4.69, 9.17) is 5.11 Å². The molecule has 1 heterocycles. The highest BCUT2D eigenvalue weighted by atomic mass is 16.4. The van der Waals surface area contributed by atoms with Crippen molar-refractivity contribution in [1.29, 1.82) is 0 Å². The monoisotopic (exact) mass is 281 g/mol. The number of carbonyl (C=O) groups excluding carboxylic acids is 1. The number of nitrogens with one attached hydrogen (secondary N) is 1. The van der Waals surface area contributed by atoms with E-state index in [1.807, 2.05) is 6.92 Å². The molecule has 1 atom stereocenters. The fourth-order valence-corrected chi connectivity index (χ4v) is 1.69. The molecule has 0 spiro atoms. The van der Waals surface area contributed by atoms with Gasteiger partial charge in [0.2, 0.25) is 5.91 Å². The van der Waals surface area contributed by atoms with Crippen LogP contribution in [0.5, 0.6) is 0 Å². The number of rotatable bonds is 8. The number of carboxylic acids is 1. The Morgan fingerprint density at radius 1 is 1.45 bits per heavy atom. The minimum absolute atomic E-state index is 0.0593. The van der Waals surface area contributed by atoms with Gasteiger partial charge in [-0.3, -0.25) is 14.2 Å². The average Bonchev–Trinajstić information content (AvgIpc) is 2.39. The number of nitrogens with zero attached hydrogens (tertiary/aromatic N) is 2. The van der Waals surface area contributed by atoms with Crippen LogP contribution in [0.2, 0.25) is 0 Å². The van der Waals surface area contributed by atoms with Crippen molar-refractivity contribution in [3.8, 4) is 0 Å². The van der Waals surface area contributed by atoms with Crippen molar-refractivity contribution >= 4 is 11.9 Å². The van der Waals surface area contributed by atoms with Gasteiger partial charge in [0.25, 0.3) is 0 Å². The normalized spacial score (nSPS) is 11.8. The van der Waals surface area contributed by atoms with Crippen LogP contribution in [-0.4, -0.2) is 33.1 Å². The SMILES string of the molecule is CC(CCNC(=O)Cn1cccnc1=O)CCC(=O)O. The van der Waals surface area contributed by atoms with E-state index in [1.54, 1.807) is 6.07 Å². The van der Waals surface area contributed by atoms with Crippen molar-refractivity contribution in [1.82, 2.24) is 14.9 Å². The van der Waals surface area contributed by atoms with E-state index >= 15 is 0 Å². The highest BCUT2D eigenvalue weighted by Crippen LogP contribution is 2.08. The molecule has 0 radical (unpaired) electrons.